The molecule has 21 heavy (non-hydrogen) atoms. The lowest BCUT2D eigenvalue weighted by molar-refractivity contribution is 0.0698. The number of hydrogen-bond donors (Lipinski definition) is 1. The molecule has 0 amide bonds. The number of oxazole rings is 1. The van der Waals surface area contributed by atoms with Crippen LogP contribution in [0.4, 0.5) is 0 Å². The largest absolute Gasteiger partial charge is 0.496 e. The summed E-state index contributed by atoms with van der Waals surface area (Å²) in [5.74, 6) is -0.137. The first kappa shape index (κ1) is 13.6. The molecule has 1 N–H and O–H groups in total. The molecule has 0 unspecified atom stereocenters. The van der Waals surface area contributed by atoms with Crippen LogP contribution in [0, 0.1) is 0 Å². The van der Waals surface area contributed by atoms with Gasteiger partial charge < -0.3 is 14.3 Å². The van der Waals surface area contributed by atoms with Crippen molar-refractivity contribution >= 4 is 33.0 Å². The molecule has 2 aromatic carbocycles. The van der Waals surface area contributed by atoms with E-state index >= 15 is 0 Å². The summed E-state index contributed by atoms with van der Waals surface area (Å²) >= 11 is 3.37. The van der Waals surface area contributed by atoms with Crippen LogP contribution >= 0.6 is 15.9 Å². The van der Waals surface area contributed by atoms with Crippen LogP contribution in [-0.2, 0) is 0 Å². The number of aromatic carboxylic acids is 1. The summed E-state index contributed by atoms with van der Waals surface area (Å²) in [5, 5.41) is 9.18. The minimum atomic E-state index is -1.05. The first-order valence-corrected chi connectivity index (χ1v) is 6.86. The Hall–Kier alpha value is -2.34. The maximum Gasteiger partial charge on any atom is 0.339 e. The van der Waals surface area contributed by atoms with E-state index in [1.165, 1.54) is 6.07 Å². The fourth-order valence-corrected chi connectivity index (χ4v) is 2.41. The molecule has 3 rings (SSSR count). The molecule has 5 nitrogen and oxygen atoms in total. The molecule has 0 aliphatic heterocycles. The third-order valence-electron chi connectivity index (χ3n) is 3.04. The predicted molar refractivity (Wildman–Crippen MR) is 80.7 cm³/mol. The van der Waals surface area contributed by atoms with Crippen molar-refractivity contribution in [3.8, 4) is 17.2 Å². The van der Waals surface area contributed by atoms with Crippen LogP contribution in [0.15, 0.2) is 45.3 Å². The van der Waals surface area contributed by atoms with E-state index < -0.39 is 5.97 Å². The maximum atomic E-state index is 11.2. The first-order chi connectivity index (χ1) is 10.1. The minimum Gasteiger partial charge on any atom is -0.496 e. The van der Waals surface area contributed by atoms with E-state index in [9.17, 15) is 9.90 Å². The number of nitrogens with zero attached hydrogens (tertiary/aromatic N) is 1. The fourth-order valence-electron chi connectivity index (χ4n) is 2.07. The van der Waals surface area contributed by atoms with Gasteiger partial charge in [-0.05, 0) is 30.3 Å². The Kier molecular flexibility index (Phi) is 3.39. The van der Waals surface area contributed by atoms with Crippen molar-refractivity contribution in [1.82, 2.24) is 4.98 Å². The van der Waals surface area contributed by atoms with Gasteiger partial charge in [0.1, 0.15) is 16.8 Å². The molecular weight excluding hydrogens is 338 g/mol. The number of benzene rings is 2. The second-order valence-corrected chi connectivity index (χ2v) is 5.24. The molecule has 106 valence electrons. The Morgan fingerprint density at radius 1 is 1.33 bits per heavy atom. The van der Waals surface area contributed by atoms with Gasteiger partial charge in [-0.25, -0.2) is 9.78 Å². The Bertz CT molecular complexity index is 841. The van der Waals surface area contributed by atoms with Crippen LogP contribution in [0.3, 0.4) is 0 Å². The van der Waals surface area contributed by atoms with E-state index in [4.69, 9.17) is 9.15 Å². The second kappa shape index (κ2) is 5.21. The standard InChI is InChI=1S/C15H10BrNO4/c1-20-12-7-8(16)5-6-9(12)14-17-11-4-2-3-10(15(18)19)13(11)21-14/h2-7H,1H3,(H,18,19). The zero-order chi connectivity index (χ0) is 15.0. The monoisotopic (exact) mass is 347 g/mol. The second-order valence-electron chi connectivity index (χ2n) is 4.32. The topological polar surface area (TPSA) is 72.6 Å². The molecule has 3 aromatic rings. The van der Waals surface area contributed by atoms with E-state index in [1.807, 2.05) is 6.07 Å². The Labute approximate surface area is 128 Å². The van der Waals surface area contributed by atoms with E-state index in [2.05, 4.69) is 20.9 Å². The number of aromatic nitrogens is 1. The third-order valence-corrected chi connectivity index (χ3v) is 3.53. The smallest absolute Gasteiger partial charge is 0.339 e. The van der Waals surface area contributed by atoms with Crippen molar-refractivity contribution in [1.29, 1.82) is 0 Å². The molecule has 1 heterocycles. The summed E-state index contributed by atoms with van der Waals surface area (Å²) in [6, 6.07) is 10.3. The zero-order valence-electron chi connectivity index (χ0n) is 11.0. The van der Waals surface area contributed by atoms with Crippen LogP contribution in [-0.4, -0.2) is 23.2 Å². The molecule has 0 saturated heterocycles. The van der Waals surface area contributed by atoms with Crippen molar-refractivity contribution in [3.63, 3.8) is 0 Å². The quantitative estimate of drug-likeness (QED) is 0.776. The van der Waals surface area contributed by atoms with Crippen molar-refractivity contribution in [2.24, 2.45) is 0 Å². The van der Waals surface area contributed by atoms with Crippen LogP contribution in [0.5, 0.6) is 5.75 Å². The van der Waals surface area contributed by atoms with Crippen LogP contribution in [0.2, 0.25) is 0 Å². The van der Waals surface area contributed by atoms with Crippen LogP contribution in [0.1, 0.15) is 10.4 Å². The van der Waals surface area contributed by atoms with Gasteiger partial charge >= 0.3 is 5.97 Å². The molecular formula is C15H10BrNO4. The first-order valence-electron chi connectivity index (χ1n) is 6.07. The molecule has 0 atom stereocenters. The van der Waals surface area contributed by atoms with Crippen molar-refractivity contribution in [2.45, 2.75) is 0 Å². The highest BCUT2D eigenvalue weighted by molar-refractivity contribution is 9.10. The highest BCUT2D eigenvalue weighted by Gasteiger charge is 2.17. The fraction of sp³-hybridized carbons (Fsp3) is 0.0667. The lowest BCUT2D eigenvalue weighted by Gasteiger charge is -2.05. The van der Waals surface area contributed by atoms with E-state index in [0.29, 0.717) is 22.7 Å². The lowest BCUT2D eigenvalue weighted by atomic mass is 10.2. The molecule has 1 aromatic heterocycles. The molecule has 0 radical (unpaired) electrons. The van der Waals surface area contributed by atoms with Gasteiger partial charge in [0.25, 0.3) is 0 Å². The Morgan fingerprint density at radius 2 is 2.14 bits per heavy atom. The van der Waals surface area contributed by atoms with Gasteiger partial charge in [-0.15, -0.1) is 0 Å². The highest BCUT2D eigenvalue weighted by atomic mass is 79.9. The number of ether oxygens (including phenoxy) is 1. The number of fused-ring (bicyclic) bond motifs is 1. The van der Waals surface area contributed by atoms with Gasteiger partial charge in [0, 0.05) is 4.47 Å². The number of carboxylic acids is 1. The van der Waals surface area contributed by atoms with Gasteiger partial charge in [0.05, 0.1) is 12.7 Å². The predicted octanol–water partition coefficient (Wildman–Crippen LogP) is 3.96. The van der Waals surface area contributed by atoms with Crippen molar-refractivity contribution in [2.75, 3.05) is 7.11 Å². The molecule has 0 aliphatic rings. The molecule has 6 heteroatoms. The number of carbonyl (C=O) groups is 1. The molecule has 0 bridgehead atoms. The normalized spacial score (nSPS) is 10.8. The number of carboxylic acid groups (broad SMARTS) is 1. The number of hydrogen-bond acceptors (Lipinski definition) is 4. The SMILES string of the molecule is COc1cc(Br)ccc1-c1nc2cccc(C(=O)O)c2o1. The van der Waals surface area contributed by atoms with E-state index in [-0.39, 0.29) is 11.1 Å². The number of methoxy groups -OCH3 is 1. The van der Waals surface area contributed by atoms with Crippen molar-refractivity contribution < 1.29 is 19.1 Å². The number of rotatable bonds is 3. The van der Waals surface area contributed by atoms with E-state index in [0.717, 1.165) is 4.47 Å². The average Bonchev–Trinajstić information content (AvgIpc) is 2.90. The van der Waals surface area contributed by atoms with Crippen LogP contribution < -0.4 is 4.74 Å². The maximum absolute atomic E-state index is 11.2. The summed E-state index contributed by atoms with van der Waals surface area (Å²) in [4.78, 5) is 15.5. The molecule has 0 saturated carbocycles. The average molecular weight is 348 g/mol. The minimum absolute atomic E-state index is 0.0855. The van der Waals surface area contributed by atoms with Crippen LogP contribution in [0.25, 0.3) is 22.6 Å². The third kappa shape index (κ3) is 2.38. The molecule has 0 spiro atoms. The van der Waals surface area contributed by atoms with Gasteiger partial charge in [-0.3, -0.25) is 0 Å². The lowest BCUT2D eigenvalue weighted by Crippen LogP contribution is -1.95. The Morgan fingerprint density at radius 3 is 2.86 bits per heavy atom. The molecule has 0 aliphatic carbocycles. The summed E-state index contributed by atoms with van der Waals surface area (Å²) in [5.41, 5.74) is 1.50. The highest BCUT2D eigenvalue weighted by Crippen LogP contribution is 2.34. The number of halogens is 1. The van der Waals surface area contributed by atoms with Crippen molar-refractivity contribution in [3.05, 3.63) is 46.4 Å². The summed E-state index contributed by atoms with van der Waals surface area (Å²) in [6.07, 6.45) is 0. The summed E-state index contributed by atoms with van der Waals surface area (Å²) in [6.45, 7) is 0. The molecule has 0 fully saturated rings. The van der Waals surface area contributed by atoms with Gasteiger partial charge in [0.2, 0.25) is 5.89 Å². The Balaban J connectivity index is 2.22. The van der Waals surface area contributed by atoms with E-state index in [1.54, 1.807) is 31.4 Å². The number of para-hydroxylation sites is 1. The zero-order valence-corrected chi connectivity index (χ0v) is 12.5. The van der Waals surface area contributed by atoms with Gasteiger partial charge in [0.15, 0.2) is 5.58 Å². The van der Waals surface area contributed by atoms with Gasteiger partial charge in [-0.1, -0.05) is 22.0 Å². The van der Waals surface area contributed by atoms with Gasteiger partial charge in [-0.2, -0.15) is 0 Å². The summed E-state index contributed by atoms with van der Waals surface area (Å²) in [7, 11) is 1.55. The summed E-state index contributed by atoms with van der Waals surface area (Å²) < 4.78 is 11.8.